The van der Waals surface area contributed by atoms with Gasteiger partial charge in [-0.15, -0.1) is 0 Å². The number of nitrogens with one attached hydrogen (secondary N) is 1. The van der Waals surface area contributed by atoms with E-state index in [-0.39, 0.29) is 30.7 Å². The number of carbonyl (C=O) groups excluding carboxylic acids is 2. The minimum Gasteiger partial charge on any atom is -0.466 e. The smallest absolute Gasteiger partial charge is 0.307 e. The summed E-state index contributed by atoms with van der Waals surface area (Å²) in [6.45, 7) is 2.22. The molecule has 0 saturated heterocycles. The predicted octanol–water partition coefficient (Wildman–Crippen LogP) is 3.72. The molecule has 0 unspecified atom stereocenters. The maximum Gasteiger partial charge on any atom is 0.307 e. The van der Waals surface area contributed by atoms with E-state index in [4.69, 9.17) is 4.74 Å². The van der Waals surface area contributed by atoms with E-state index in [9.17, 15) is 14.0 Å². The second kappa shape index (κ2) is 8.40. The quantitative estimate of drug-likeness (QED) is 0.675. The Labute approximate surface area is 156 Å². The third kappa shape index (κ3) is 4.47. The van der Waals surface area contributed by atoms with Gasteiger partial charge in [-0.05, 0) is 43.3 Å². The number of nitrogens with zero attached hydrogens (tertiary/aromatic N) is 1. The average molecular weight is 366 g/mol. The van der Waals surface area contributed by atoms with Crippen molar-refractivity contribution in [1.29, 1.82) is 0 Å². The Morgan fingerprint density at radius 2 is 1.85 bits per heavy atom. The van der Waals surface area contributed by atoms with Crippen molar-refractivity contribution in [3.05, 3.63) is 66.0 Å². The Balaban J connectivity index is 1.90. The molecule has 1 amide bonds. The average Bonchev–Trinajstić information content (AvgIpc) is 2.68. The van der Waals surface area contributed by atoms with Crippen LogP contribution in [-0.4, -0.2) is 30.0 Å². The lowest BCUT2D eigenvalue weighted by molar-refractivity contribution is -0.142. The number of hydrogen-bond acceptors (Lipinski definition) is 4. The second-order valence-electron chi connectivity index (χ2n) is 5.89. The van der Waals surface area contributed by atoms with E-state index in [1.807, 2.05) is 24.3 Å². The third-order valence-electron chi connectivity index (χ3n) is 4.02. The molecular weight excluding hydrogens is 347 g/mol. The number of benzene rings is 2. The number of ether oxygens (including phenoxy) is 1. The van der Waals surface area contributed by atoms with E-state index in [1.165, 1.54) is 12.1 Å². The predicted molar refractivity (Wildman–Crippen MR) is 101 cm³/mol. The minimum atomic E-state index is -0.357. The SMILES string of the molecule is CCOC(=O)CCNC(=O)c1cc(-c2ccc(F)cc2)nc2ccccc12. The van der Waals surface area contributed by atoms with Crippen molar-refractivity contribution < 1.29 is 18.7 Å². The van der Waals surface area contributed by atoms with Gasteiger partial charge in [-0.3, -0.25) is 9.59 Å². The molecule has 0 atom stereocenters. The lowest BCUT2D eigenvalue weighted by Gasteiger charge is -2.10. The summed E-state index contributed by atoms with van der Waals surface area (Å²) in [5.74, 6) is -0.998. The highest BCUT2D eigenvalue weighted by atomic mass is 19.1. The van der Waals surface area contributed by atoms with Gasteiger partial charge in [0.15, 0.2) is 0 Å². The molecule has 0 aliphatic rings. The minimum absolute atomic E-state index is 0.105. The molecule has 3 rings (SSSR count). The van der Waals surface area contributed by atoms with Crippen LogP contribution < -0.4 is 5.32 Å². The highest BCUT2D eigenvalue weighted by molar-refractivity contribution is 6.07. The zero-order chi connectivity index (χ0) is 19.2. The first kappa shape index (κ1) is 18.5. The Morgan fingerprint density at radius 3 is 2.59 bits per heavy atom. The van der Waals surface area contributed by atoms with E-state index in [1.54, 1.807) is 25.1 Å². The number of fused-ring (bicyclic) bond motifs is 1. The highest BCUT2D eigenvalue weighted by Crippen LogP contribution is 2.25. The number of pyridine rings is 1. The zero-order valence-corrected chi connectivity index (χ0v) is 14.9. The van der Waals surface area contributed by atoms with Gasteiger partial charge in [-0.1, -0.05) is 18.2 Å². The van der Waals surface area contributed by atoms with Crippen molar-refractivity contribution in [2.24, 2.45) is 0 Å². The van der Waals surface area contributed by atoms with Gasteiger partial charge in [-0.2, -0.15) is 0 Å². The molecule has 0 saturated carbocycles. The summed E-state index contributed by atoms with van der Waals surface area (Å²) >= 11 is 0. The monoisotopic (exact) mass is 366 g/mol. The number of para-hydroxylation sites is 1. The highest BCUT2D eigenvalue weighted by Gasteiger charge is 2.14. The van der Waals surface area contributed by atoms with Crippen molar-refractivity contribution in [3.63, 3.8) is 0 Å². The molecule has 1 heterocycles. The van der Waals surface area contributed by atoms with Crippen LogP contribution in [0.15, 0.2) is 54.6 Å². The molecule has 27 heavy (non-hydrogen) atoms. The first-order valence-electron chi connectivity index (χ1n) is 8.68. The maximum atomic E-state index is 13.2. The fourth-order valence-corrected chi connectivity index (χ4v) is 2.74. The van der Waals surface area contributed by atoms with Gasteiger partial charge >= 0.3 is 5.97 Å². The van der Waals surface area contributed by atoms with Crippen molar-refractivity contribution in [2.75, 3.05) is 13.2 Å². The molecule has 3 aromatic rings. The molecule has 0 aliphatic heterocycles. The molecule has 0 radical (unpaired) electrons. The van der Waals surface area contributed by atoms with Gasteiger partial charge in [0, 0.05) is 17.5 Å². The fraction of sp³-hybridized carbons (Fsp3) is 0.190. The standard InChI is InChI=1S/C21H19FN2O3/c1-2-27-20(25)11-12-23-21(26)17-13-19(14-7-9-15(22)10-8-14)24-18-6-4-3-5-16(17)18/h3-10,13H,2,11-12H2,1H3,(H,23,26). The van der Waals surface area contributed by atoms with E-state index in [2.05, 4.69) is 10.3 Å². The number of hydrogen-bond donors (Lipinski definition) is 1. The summed E-state index contributed by atoms with van der Waals surface area (Å²) < 4.78 is 18.1. The Kier molecular flexibility index (Phi) is 5.76. The van der Waals surface area contributed by atoms with Gasteiger partial charge in [0.25, 0.3) is 5.91 Å². The summed E-state index contributed by atoms with van der Waals surface area (Å²) in [4.78, 5) is 28.7. The third-order valence-corrected chi connectivity index (χ3v) is 4.02. The number of amides is 1. The molecule has 0 fully saturated rings. The molecule has 5 nitrogen and oxygen atoms in total. The maximum absolute atomic E-state index is 13.2. The normalized spacial score (nSPS) is 10.6. The number of rotatable bonds is 6. The molecule has 6 heteroatoms. The van der Waals surface area contributed by atoms with Crippen LogP contribution >= 0.6 is 0 Å². The van der Waals surface area contributed by atoms with Crippen LogP contribution in [0.4, 0.5) is 4.39 Å². The number of halogens is 1. The Morgan fingerprint density at radius 1 is 1.11 bits per heavy atom. The van der Waals surface area contributed by atoms with Crippen LogP contribution in [0.3, 0.4) is 0 Å². The van der Waals surface area contributed by atoms with Crippen LogP contribution in [0.2, 0.25) is 0 Å². The van der Waals surface area contributed by atoms with Gasteiger partial charge < -0.3 is 10.1 Å². The van der Waals surface area contributed by atoms with E-state index in [0.717, 1.165) is 0 Å². The topological polar surface area (TPSA) is 68.3 Å². The van der Waals surface area contributed by atoms with Crippen molar-refractivity contribution in [1.82, 2.24) is 10.3 Å². The molecular formula is C21H19FN2O3. The van der Waals surface area contributed by atoms with Gasteiger partial charge in [0.1, 0.15) is 5.82 Å². The number of carbonyl (C=O) groups is 2. The van der Waals surface area contributed by atoms with Crippen LogP contribution in [0, 0.1) is 5.82 Å². The van der Waals surface area contributed by atoms with E-state index < -0.39 is 0 Å². The zero-order valence-electron chi connectivity index (χ0n) is 14.9. The molecule has 0 bridgehead atoms. The van der Waals surface area contributed by atoms with Crippen molar-refractivity contribution >= 4 is 22.8 Å². The first-order valence-corrected chi connectivity index (χ1v) is 8.68. The summed E-state index contributed by atoms with van der Waals surface area (Å²) in [7, 11) is 0. The van der Waals surface area contributed by atoms with Crippen molar-refractivity contribution in [2.45, 2.75) is 13.3 Å². The van der Waals surface area contributed by atoms with E-state index >= 15 is 0 Å². The largest absolute Gasteiger partial charge is 0.466 e. The lowest BCUT2D eigenvalue weighted by atomic mass is 10.0. The molecule has 1 N–H and O–H groups in total. The Bertz CT molecular complexity index is 971. The van der Waals surface area contributed by atoms with E-state index in [0.29, 0.717) is 34.3 Å². The summed E-state index contributed by atoms with van der Waals surface area (Å²) in [5.41, 5.74) is 2.39. The summed E-state index contributed by atoms with van der Waals surface area (Å²) in [6, 6.07) is 14.9. The lowest BCUT2D eigenvalue weighted by Crippen LogP contribution is -2.27. The number of aromatic nitrogens is 1. The van der Waals surface area contributed by atoms with Crippen LogP contribution in [0.5, 0.6) is 0 Å². The summed E-state index contributed by atoms with van der Waals surface area (Å²) in [6.07, 6.45) is 0.105. The molecule has 138 valence electrons. The van der Waals surface area contributed by atoms with Gasteiger partial charge in [-0.25, -0.2) is 9.37 Å². The van der Waals surface area contributed by atoms with Crippen LogP contribution in [-0.2, 0) is 9.53 Å². The van der Waals surface area contributed by atoms with Crippen LogP contribution in [0.1, 0.15) is 23.7 Å². The van der Waals surface area contributed by atoms with Crippen LogP contribution in [0.25, 0.3) is 22.2 Å². The second-order valence-corrected chi connectivity index (χ2v) is 5.89. The molecule has 0 spiro atoms. The Hall–Kier alpha value is -3.28. The fourth-order valence-electron chi connectivity index (χ4n) is 2.74. The number of esters is 1. The molecule has 2 aromatic carbocycles. The molecule has 0 aliphatic carbocycles. The summed E-state index contributed by atoms with van der Waals surface area (Å²) in [5, 5.41) is 3.45. The van der Waals surface area contributed by atoms with Gasteiger partial charge in [0.2, 0.25) is 0 Å². The first-order chi connectivity index (χ1) is 13.1. The van der Waals surface area contributed by atoms with Crippen molar-refractivity contribution in [3.8, 4) is 11.3 Å². The van der Waals surface area contributed by atoms with Gasteiger partial charge in [0.05, 0.1) is 29.8 Å². The molecule has 1 aromatic heterocycles.